The van der Waals surface area contributed by atoms with Crippen molar-refractivity contribution in [2.75, 3.05) is 50.1 Å². The molecule has 9 nitrogen and oxygen atoms in total. The third-order valence-electron chi connectivity index (χ3n) is 5.23. The molecule has 0 unspecified atom stereocenters. The van der Waals surface area contributed by atoms with Crippen LogP contribution in [0.4, 0.5) is 17.2 Å². The van der Waals surface area contributed by atoms with Gasteiger partial charge in [0.2, 0.25) is 0 Å². The molecule has 1 aromatic heterocycles. The van der Waals surface area contributed by atoms with E-state index >= 15 is 0 Å². The molecule has 154 valence electrons. The number of nitrogens with zero attached hydrogens (tertiary/aromatic N) is 6. The smallest absolute Gasteiger partial charge is 0.293 e. The Hall–Kier alpha value is -3.75. The molecule has 1 fully saturated rings. The van der Waals surface area contributed by atoms with Crippen LogP contribution in [0.3, 0.4) is 0 Å². The fraction of sp³-hybridized carbons (Fsp3) is 0.286. The van der Waals surface area contributed by atoms with Crippen LogP contribution in [0.15, 0.2) is 48.7 Å². The van der Waals surface area contributed by atoms with Crippen LogP contribution in [-0.4, -0.2) is 66.0 Å². The van der Waals surface area contributed by atoms with Crippen molar-refractivity contribution in [3.63, 3.8) is 0 Å². The molecule has 1 aliphatic rings. The summed E-state index contributed by atoms with van der Waals surface area (Å²) >= 11 is 0. The molecule has 0 N–H and O–H groups in total. The molecule has 1 aliphatic heterocycles. The van der Waals surface area contributed by atoms with Gasteiger partial charge >= 0.3 is 0 Å². The number of anilines is 2. The highest BCUT2D eigenvalue weighted by atomic mass is 16.6. The number of para-hydroxylation sites is 2. The summed E-state index contributed by atoms with van der Waals surface area (Å²) in [4.78, 5) is 38.5. The molecule has 0 radical (unpaired) electrons. The quantitative estimate of drug-likeness (QED) is 0.485. The van der Waals surface area contributed by atoms with E-state index in [0.717, 1.165) is 16.9 Å². The minimum atomic E-state index is -0.456. The molecule has 1 amide bonds. The Morgan fingerprint density at radius 2 is 1.77 bits per heavy atom. The first-order valence-electron chi connectivity index (χ1n) is 9.66. The Morgan fingerprint density at radius 3 is 2.43 bits per heavy atom. The number of hydrogen-bond acceptors (Lipinski definition) is 7. The van der Waals surface area contributed by atoms with E-state index in [2.05, 4.69) is 14.9 Å². The van der Waals surface area contributed by atoms with Gasteiger partial charge in [-0.2, -0.15) is 0 Å². The number of rotatable bonds is 4. The maximum atomic E-state index is 12.9. The van der Waals surface area contributed by atoms with Gasteiger partial charge in [-0.1, -0.05) is 12.1 Å². The van der Waals surface area contributed by atoms with E-state index in [4.69, 9.17) is 0 Å². The second kappa shape index (κ2) is 7.94. The summed E-state index contributed by atoms with van der Waals surface area (Å²) in [6.45, 7) is 2.26. The fourth-order valence-corrected chi connectivity index (χ4v) is 3.60. The van der Waals surface area contributed by atoms with Gasteiger partial charge in [0.05, 0.1) is 22.2 Å². The van der Waals surface area contributed by atoms with Crippen LogP contribution in [0.25, 0.3) is 11.0 Å². The lowest BCUT2D eigenvalue weighted by molar-refractivity contribution is -0.384. The molecule has 2 heterocycles. The summed E-state index contributed by atoms with van der Waals surface area (Å²) in [5.41, 5.74) is 2.40. The van der Waals surface area contributed by atoms with Gasteiger partial charge in [0.15, 0.2) is 0 Å². The second-order valence-electron chi connectivity index (χ2n) is 7.35. The number of amides is 1. The Morgan fingerprint density at radius 1 is 1.07 bits per heavy atom. The van der Waals surface area contributed by atoms with E-state index in [-0.39, 0.29) is 11.6 Å². The van der Waals surface area contributed by atoms with Gasteiger partial charge in [0.25, 0.3) is 11.6 Å². The summed E-state index contributed by atoms with van der Waals surface area (Å²) in [5, 5.41) is 11.4. The van der Waals surface area contributed by atoms with Gasteiger partial charge in [-0.3, -0.25) is 19.9 Å². The third-order valence-corrected chi connectivity index (χ3v) is 5.23. The average Bonchev–Trinajstić information content (AvgIpc) is 2.78. The number of nitro benzene ring substituents is 1. The van der Waals surface area contributed by atoms with Crippen molar-refractivity contribution >= 4 is 34.1 Å². The highest BCUT2D eigenvalue weighted by Crippen LogP contribution is 2.28. The predicted molar refractivity (Wildman–Crippen MR) is 115 cm³/mol. The molecular weight excluding hydrogens is 384 g/mol. The summed E-state index contributed by atoms with van der Waals surface area (Å²) in [6, 6.07) is 12.3. The lowest BCUT2D eigenvalue weighted by Gasteiger charge is -2.35. The van der Waals surface area contributed by atoms with Crippen molar-refractivity contribution in [1.82, 2.24) is 14.9 Å². The maximum absolute atomic E-state index is 12.9. The highest BCUT2D eigenvalue weighted by molar-refractivity contribution is 5.96. The van der Waals surface area contributed by atoms with Gasteiger partial charge in [-0.15, -0.1) is 0 Å². The number of carbonyl (C=O) groups excluding carboxylic acids is 1. The second-order valence-corrected chi connectivity index (χ2v) is 7.35. The molecule has 0 bridgehead atoms. The van der Waals surface area contributed by atoms with Crippen LogP contribution in [0.2, 0.25) is 0 Å². The number of hydrogen-bond donors (Lipinski definition) is 0. The van der Waals surface area contributed by atoms with Crippen molar-refractivity contribution in [3.8, 4) is 0 Å². The number of carbonyl (C=O) groups is 1. The van der Waals surface area contributed by atoms with Gasteiger partial charge in [-0.05, 0) is 24.3 Å². The van der Waals surface area contributed by atoms with Crippen molar-refractivity contribution in [2.45, 2.75) is 0 Å². The summed E-state index contributed by atoms with van der Waals surface area (Å²) in [5.74, 6) is 0.583. The lowest BCUT2D eigenvalue weighted by atomic mass is 10.1. The Kier molecular flexibility index (Phi) is 5.18. The Balaban J connectivity index is 1.47. The number of nitro groups is 1. The van der Waals surface area contributed by atoms with Gasteiger partial charge in [-0.25, -0.2) is 4.98 Å². The minimum absolute atomic E-state index is 0.0732. The first-order valence-corrected chi connectivity index (χ1v) is 9.66. The summed E-state index contributed by atoms with van der Waals surface area (Å²) in [6.07, 6.45) is 1.75. The largest absolute Gasteiger partial charge is 0.372 e. The first-order chi connectivity index (χ1) is 14.4. The molecule has 3 aromatic rings. The van der Waals surface area contributed by atoms with Crippen LogP contribution >= 0.6 is 0 Å². The number of aromatic nitrogens is 2. The van der Waals surface area contributed by atoms with E-state index in [1.54, 1.807) is 42.2 Å². The first kappa shape index (κ1) is 19.6. The van der Waals surface area contributed by atoms with Gasteiger partial charge in [0, 0.05) is 51.9 Å². The van der Waals surface area contributed by atoms with Crippen LogP contribution in [0.5, 0.6) is 0 Å². The van der Waals surface area contributed by atoms with Crippen LogP contribution in [0.1, 0.15) is 10.4 Å². The van der Waals surface area contributed by atoms with Gasteiger partial charge in [0.1, 0.15) is 11.5 Å². The Labute approximate surface area is 173 Å². The minimum Gasteiger partial charge on any atom is -0.372 e. The van der Waals surface area contributed by atoms with Crippen molar-refractivity contribution in [2.24, 2.45) is 0 Å². The van der Waals surface area contributed by atoms with E-state index in [9.17, 15) is 14.9 Å². The van der Waals surface area contributed by atoms with E-state index in [0.29, 0.717) is 37.4 Å². The summed E-state index contributed by atoms with van der Waals surface area (Å²) in [7, 11) is 3.47. The molecule has 0 aliphatic carbocycles. The molecule has 0 saturated carbocycles. The topological polar surface area (TPSA) is 95.7 Å². The van der Waals surface area contributed by atoms with Crippen molar-refractivity contribution < 1.29 is 9.72 Å². The number of fused-ring (bicyclic) bond motifs is 1. The van der Waals surface area contributed by atoms with E-state index in [1.807, 2.05) is 24.3 Å². The lowest BCUT2D eigenvalue weighted by Crippen LogP contribution is -2.49. The third kappa shape index (κ3) is 3.73. The zero-order valence-corrected chi connectivity index (χ0v) is 16.9. The monoisotopic (exact) mass is 406 g/mol. The predicted octanol–water partition coefficient (Wildman–Crippen LogP) is 2.57. The molecule has 0 atom stereocenters. The van der Waals surface area contributed by atoms with Crippen molar-refractivity contribution in [3.05, 3.63) is 64.3 Å². The molecule has 4 rings (SSSR count). The molecule has 0 spiro atoms. The highest BCUT2D eigenvalue weighted by Gasteiger charge is 2.25. The zero-order valence-electron chi connectivity index (χ0n) is 16.9. The standard InChI is InChI=1S/C21H22N6O3/c1-24(2)18-8-7-15(13-19(18)27(29)30)21(28)26-11-9-25(10-12-26)20-14-22-16-5-3-4-6-17(16)23-20/h3-8,13-14H,9-12H2,1-2H3. The Bertz CT molecular complexity index is 1110. The maximum Gasteiger partial charge on any atom is 0.293 e. The normalized spacial score (nSPS) is 14.1. The molecule has 9 heteroatoms. The molecule has 1 saturated heterocycles. The zero-order chi connectivity index (χ0) is 21.3. The van der Waals surface area contributed by atoms with Crippen LogP contribution in [0, 0.1) is 10.1 Å². The molecule has 2 aromatic carbocycles. The summed E-state index contributed by atoms with van der Waals surface area (Å²) < 4.78 is 0. The van der Waals surface area contributed by atoms with Crippen molar-refractivity contribution in [1.29, 1.82) is 0 Å². The molecular formula is C21H22N6O3. The fourth-order valence-electron chi connectivity index (χ4n) is 3.60. The molecule has 30 heavy (non-hydrogen) atoms. The number of benzene rings is 2. The van der Waals surface area contributed by atoms with Crippen LogP contribution < -0.4 is 9.80 Å². The van der Waals surface area contributed by atoms with Crippen LogP contribution in [-0.2, 0) is 0 Å². The number of piperazine rings is 1. The van der Waals surface area contributed by atoms with E-state index < -0.39 is 4.92 Å². The van der Waals surface area contributed by atoms with E-state index in [1.165, 1.54) is 6.07 Å². The average molecular weight is 406 g/mol. The SMILES string of the molecule is CN(C)c1ccc(C(=O)N2CCN(c3cnc4ccccc4n3)CC2)cc1[N+](=O)[O-]. The van der Waals surface area contributed by atoms with Gasteiger partial charge < -0.3 is 14.7 Å².